The highest BCUT2D eigenvalue weighted by atomic mass is 35.5. The Kier molecular flexibility index (Phi) is 5.60. The monoisotopic (exact) mass is 273 g/mol. The molecule has 0 fully saturated rings. The summed E-state index contributed by atoms with van der Waals surface area (Å²) in [5.74, 6) is 2.27. The Balaban J connectivity index is 3.00. The van der Waals surface area contributed by atoms with Crippen molar-refractivity contribution >= 4 is 29.1 Å². The first-order valence-electron chi connectivity index (χ1n) is 5.88. The maximum Gasteiger partial charge on any atom is 0.179 e. The van der Waals surface area contributed by atoms with E-state index in [1.165, 1.54) is 0 Å². The molecule has 0 amide bonds. The molecule has 1 unspecified atom stereocenters. The third kappa shape index (κ3) is 3.29. The molecule has 96 valence electrons. The lowest BCUT2D eigenvalue weighted by atomic mass is 10.2. The molecule has 4 heteroatoms. The standard InChI is InChI=1S/C13H20ClNOS/c1-5-17-8-10(3)15-9(2)6-12(11(15)4)13(16)7-14/h6,10H,5,7-8H2,1-4H3. The summed E-state index contributed by atoms with van der Waals surface area (Å²) < 4.78 is 2.24. The van der Waals surface area contributed by atoms with Crippen LogP contribution in [-0.2, 0) is 0 Å². The van der Waals surface area contributed by atoms with Crippen molar-refractivity contribution in [2.45, 2.75) is 33.7 Å². The molecular formula is C13H20ClNOS. The van der Waals surface area contributed by atoms with Crippen LogP contribution in [0.4, 0.5) is 0 Å². The molecule has 0 aromatic carbocycles. The Morgan fingerprint density at radius 1 is 1.53 bits per heavy atom. The molecule has 0 aliphatic heterocycles. The first-order chi connectivity index (χ1) is 8.02. The van der Waals surface area contributed by atoms with E-state index in [1.54, 1.807) is 0 Å². The Morgan fingerprint density at radius 2 is 2.18 bits per heavy atom. The van der Waals surface area contributed by atoms with Crippen LogP contribution in [0, 0.1) is 13.8 Å². The minimum Gasteiger partial charge on any atom is -0.345 e. The molecule has 0 radical (unpaired) electrons. The van der Waals surface area contributed by atoms with Crippen molar-refractivity contribution in [2.75, 3.05) is 17.4 Å². The summed E-state index contributed by atoms with van der Waals surface area (Å²) in [7, 11) is 0. The average Bonchev–Trinajstić information content (AvgIpc) is 2.61. The highest BCUT2D eigenvalue weighted by Crippen LogP contribution is 2.23. The first kappa shape index (κ1) is 14.7. The number of aryl methyl sites for hydroxylation is 1. The average molecular weight is 274 g/mol. The van der Waals surface area contributed by atoms with E-state index < -0.39 is 0 Å². The quantitative estimate of drug-likeness (QED) is 0.580. The molecule has 0 saturated heterocycles. The number of hydrogen-bond donors (Lipinski definition) is 0. The van der Waals surface area contributed by atoms with E-state index in [4.69, 9.17) is 11.6 Å². The van der Waals surface area contributed by atoms with Crippen molar-refractivity contribution in [2.24, 2.45) is 0 Å². The van der Waals surface area contributed by atoms with E-state index in [9.17, 15) is 4.79 Å². The molecule has 17 heavy (non-hydrogen) atoms. The van der Waals surface area contributed by atoms with Gasteiger partial charge in [-0.25, -0.2) is 0 Å². The molecule has 1 aromatic rings. The van der Waals surface area contributed by atoms with Crippen molar-refractivity contribution in [1.82, 2.24) is 4.57 Å². The van der Waals surface area contributed by atoms with E-state index in [2.05, 4.69) is 18.4 Å². The Morgan fingerprint density at radius 3 is 2.71 bits per heavy atom. The van der Waals surface area contributed by atoms with Gasteiger partial charge >= 0.3 is 0 Å². The van der Waals surface area contributed by atoms with Gasteiger partial charge in [0.25, 0.3) is 0 Å². The molecule has 1 rings (SSSR count). The number of ketones is 1. The van der Waals surface area contributed by atoms with E-state index in [-0.39, 0.29) is 11.7 Å². The highest BCUT2D eigenvalue weighted by Gasteiger charge is 2.17. The van der Waals surface area contributed by atoms with Gasteiger partial charge in [-0.3, -0.25) is 4.79 Å². The summed E-state index contributed by atoms with van der Waals surface area (Å²) >= 11 is 7.54. The minimum absolute atomic E-state index is 0.0151. The van der Waals surface area contributed by atoms with Crippen LogP contribution in [0.1, 0.15) is 41.6 Å². The molecule has 0 bridgehead atoms. The van der Waals surface area contributed by atoms with Gasteiger partial charge in [0.2, 0.25) is 0 Å². The molecular weight excluding hydrogens is 254 g/mol. The topological polar surface area (TPSA) is 22.0 Å². The summed E-state index contributed by atoms with van der Waals surface area (Å²) in [5, 5.41) is 0. The third-order valence-electron chi connectivity index (χ3n) is 2.91. The zero-order valence-corrected chi connectivity index (χ0v) is 12.5. The van der Waals surface area contributed by atoms with E-state index in [1.807, 2.05) is 31.7 Å². The number of carbonyl (C=O) groups excluding carboxylic acids is 1. The van der Waals surface area contributed by atoms with Crippen LogP contribution in [0.5, 0.6) is 0 Å². The summed E-state index contributed by atoms with van der Waals surface area (Å²) in [4.78, 5) is 11.7. The second-order valence-corrected chi connectivity index (χ2v) is 5.81. The summed E-state index contributed by atoms with van der Waals surface area (Å²) in [5.41, 5.74) is 2.95. The van der Waals surface area contributed by atoms with Crippen LogP contribution in [-0.4, -0.2) is 27.7 Å². The molecule has 1 heterocycles. The van der Waals surface area contributed by atoms with E-state index >= 15 is 0 Å². The van der Waals surface area contributed by atoms with Gasteiger partial charge in [0, 0.05) is 28.7 Å². The fraction of sp³-hybridized carbons (Fsp3) is 0.615. The normalized spacial score (nSPS) is 12.8. The number of hydrogen-bond acceptors (Lipinski definition) is 2. The molecule has 0 saturated carbocycles. The van der Waals surface area contributed by atoms with Crippen LogP contribution in [0.2, 0.25) is 0 Å². The van der Waals surface area contributed by atoms with E-state index in [0.717, 1.165) is 28.5 Å². The number of nitrogens with zero attached hydrogens (tertiary/aromatic N) is 1. The largest absolute Gasteiger partial charge is 0.345 e. The second-order valence-electron chi connectivity index (χ2n) is 4.22. The number of rotatable bonds is 6. The van der Waals surface area contributed by atoms with Crippen LogP contribution < -0.4 is 0 Å². The van der Waals surface area contributed by atoms with Gasteiger partial charge in [0.1, 0.15) is 0 Å². The van der Waals surface area contributed by atoms with Crippen LogP contribution in [0.25, 0.3) is 0 Å². The predicted octanol–water partition coefficient (Wildman–Crippen LogP) is 3.84. The van der Waals surface area contributed by atoms with Crippen molar-refractivity contribution in [1.29, 1.82) is 0 Å². The van der Waals surface area contributed by atoms with Gasteiger partial charge < -0.3 is 4.57 Å². The molecule has 0 N–H and O–H groups in total. The van der Waals surface area contributed by atoms with Crippen molar-refractivity contribution < 1.29 is 4.79 Å². The summed E-state index contributed by atoms with van der Waals surface area (Å²) in [6.45, 7) is 8.40. The molecule has 1 aromatic heterocycles. The number of Topliss-reactive ketones (excluding diaryl/α,β-unsaturated/α-hetero) is 1. The lowest BCUT2D eigenvalue weighted by Crippen LogP contribution is -2.12. The summed E-state index contributed by atoms with van der Waals surface area (Å²) in [6, 6.07) is 2.37. The highest BCUT2D eigenvalue weighted by molar-refractivity contribution is 7.99. The Hall–Kier alpha value is -0.410. The van der Waals surface area contributed by atoms with Gasteiger partial charge in [-0.05, 0) is 32.6 Å². The van der Waals surface area contributed by atoms with Crippen molar-refractivity contribution in [3.8, 4) is 0 Å². The van der Waals surface area contributed by atoms with Gasteiger partial charge in [-0.1, -0.05) is 6.92 Å². The molecule has 2 nitrogen and oxygen atoms in total. The molecule has 0 aliphatic carbocycles. The zero-order chi connectivity index (χ0) is 13.0. The lowest BCUT2D eigenvalue weighted by Gasteiger charge is -2.18. The SMILES string of the molecule is CCSCC(C)n1c(C)cc(C(=O)CCl)c1C. The fourth-order valence-corrected chi connectivity index (χ4v) is 3.04. The maximum atomic E-state index is 11.7. The zero-order valence-electron chi connectivity index (χ0n) is 10.9. The second kappa shape index (κ2) is 6.50. The van der Waals surface area contributed by atoms with Gasteiger partial charge in [-0.15, -0.1) is 11.6 Å². The van der Waals surface area contributed by atoms with Crippen molar-refractivity contribution in [3.63, 3.8) is 0 Å². The maximum absolute atomic E-state index is 11.7. The summed E-state index contributed by atoms with van der Waals surface area (Å²) in [6.07, 6.45) is 0. The molecule has 0 aliphatic rings. The lowest BCUT2D eigenvalue weighted by molar-refractivity contribution is 0.102. The Bertz CT molecular complexity index is 400. The minimum atomic E-state index is 0.0151. The smallest absolute Gasteiger partial charge is 0.179 e. The predicted molar refractivity (Wildman–Crippen MR) is 76.7 cm³/mol. The number of thioether (sulfide) groups is 1. The Labute approximate surface area is 113 Å². The number of halogens is 1. The van der Waals surface area contributed by atoms with E-state index in [0.29, 0.717) is 6.04 Å². The van der Waals surface area contributed by atoms with Gasteiger partial charge in [0.05, 0.1) is 5.88 Å². The number of alkyl halides is 1. The third-order valence-corrected chi connectivity index (χ3v) is 4.28. The van der Waals surface area contributed by atoms with Crippen LogP contribution in [0.15, 0.2) is 6.07 Å². The molecule has 1 atom stereocenters. The molecule has 0 spiro atoms. The van der Waals surface area contributed by atoms with Crippen LogP contribution in [0.3, 0.4) is 0 Å². The van der Waals surface area contributed by atoms with Gasteiger partial charge in [0.15, 0.2) is 5.78 Å². The number of carbonyl (C=O) groups is 1. The number of aromatic nitrogens is 1. The van der Waals surface area contributed by atoms with Crippen molar-refractivity contribution in [3.05, 3.63) is 23.0 Å². The fourth-order valence-electron chi connectivity index (χ4n) is 2.17. The van der Waals surface area contributed by atoms with Gasteiger partial charge in [-0.2, -0.15) is 11.8 Å². The first-order valence-corrected chi connectivity index (χ1v) is 7.57. The van der Waals surface area contributed by atoms with Crippen LogP contribution >= 0.6 is 23.4 Å².